The molecule has 1 aromatic rings. The van der Waals surface area contributed by atoms with E-state index in [2.05, 4.69) is 17.2 Å². The van der Waals surface area contributed by atoms with E-state index in [4.69, 9.17) is 5.11 Å². The molecular formula is C15H20N2O3S. The van der Waals surface area contributed by atoms with Crippen LogP contribution < -0.4 is 5.32 Å². The van der Waals surface area contributed by atoms with Crippen molar-refractivity contribution in [1.82, 2.24) is 10.2 Å². The molecular weight excluding hydrogens is 288 g/mol. The van der Waals surface area contributed by atoms with E-state index < -0.39 is 0 Å². The first-order chi connectivity index (χ1) is 9.93. The molecule has 5 nitrogen and oxygen atoms in total. The van der Waals surface area contributed by atoms with Crippen molar-refractivity contribution in [2.45, 2.75) is 13.8 Å². The van der Waals surface area contributed by atoms with Crippen LogP contribution >= 0.6 is 11.3 Å². The monoisotopic (exact) mass is 308 g/mol. The molecule has 2 amide bonds. The third-order valence-electron chi connectivity index (χ3n) is 2.54. The van der Waals surface area contributed by atoms with Crippen LogP contribution in [0.2, 0.25) is 0 Å². The van der Waals surface area contributed by atoms with Crippen molar-refractivity contribution in [2.75, 3.05) is 26.7 Å². The fraction of sp³-hybridized carbons (Fsp3) is 0.467. The van der Waals surface area contributed by atoms with Crippen LogP contribution in [0.5, 0.6) is 0 Å². The Balaban J connectivity index is 2.57. The van der Waals surface area contributed by atoms with Crippen LogP contribution in [0.15, 0.2) is 12.1 Å². The minimum absolute atomic E-state index is 0.0289. The molecule has 0 aliphatic carbocycles. The van der Waals surface area contributed by atoms with Crippen LogP contribution in [0.3, 0.4) is 0 Å². The predicted octanol–water partition coefficient (Wildman–Crippen LogP) is 0.936. The van der Waals surface area contributed by atoms with E-state index in [1.54, 1.807) is 19.2 Å². The number of aliphatic hydroxyl groups excluding tert-OH is 1. The summed E-state index contributed by atoms with van der Waals surface area (Å²) in [4.78, 5) is 26.5. The van der Waals surface area contributed by atoms with Crippen LogP contribution in [0.4, 0.5) is 0 Å². The number of amides is 2. The zero-order chi connectivity index (χ0) is 15.8. The number of hydrogen-bond acceptors (Lipinski definition) is 4. The number of thiophene rings is 1. The van der Waals surface area contributed by atoms with Crippen LogP contribution in [-0.2, 0) is 4.79 Å². The molecule has 1 aromatic heterocycles. The highest BCUT2D eigenvalue weighted by Gasteiger charge is 2.16. The third kappa shape index (κ3) is 5.98. The Kier molecular flexibility index (Phi) is 6.92. The second-order valence-corrected chi connectivity index (χ2v) is 6.07. The number of carbonyl (C=O) groups is 2. The summed E-state index contributed by atoms with van der Waals surface area (Å²) in [6.45, 7) is 4.43. The molecule has 114 valence electrons. The topological polar surface area (TPSA) is 69.6 Å². The molecule has 6 heteroatoms. The average molecular weight is 308 g/mol. The summed E-state index contributed by atoms with van der Waals surface area (Å²) in [5.74, 6) is 5.28. The number of aliphatic hydroxyl groups is 1. The van der Waals surface area contributed by atoms with Gasteiger partial charge in [0.05, 0.1) is 16.3 Å². The summed E-state index contributed by atoms with van der Waals surface area (Å²) in [7, 11) is 1.59. The minimum Gasteiger partial charge on any atom is -0.384 e. The lowest BCUT2D eigenvalue weighted by Gasteiger charge is -2.16. The average Bonchev–Trinajstić information content (AvgIpc) is 2.90. The third-order valence-corrected chi connectivity index (χ3v) is 3.53. The SMILES string of the molecule is CC(C)CNC(=O)CN(C)C(=O)c1ccc(C#CCO)s1. The zero-order valence-electron chi connectivity index (χ0n) is 12.5. The van der Waals surface area contributed by atoms with Crippen molar-refractivity contribution >= 4 is 23.2 Å². The molecule has 0 aliphatic rings. The summed E-state index contributed by atoms with van der Waals surface area (Å²) in [5.41, 5.74) is 0. The molecule has 0 aliphatic heterocycles. The second kappa shape index (κ2) is 8.45. The lowest BCUT2D eigenvalue weighted by atomic mass is 10.2. The first-order valence-corrected chi connectivity index (χ1v) is 7.47. The summed E-state index contributed by atoms with van der Waals surface area (Å²) in [5, 5.41) is 11.4. The van der Waals surface area contributed by atoms with Gasteiger partial charge in [-0.05, 0) is 18.1 Å². The van der Waals surface area contributed by atoms with Crippen molar-refractivity contribution in [3.8, 4) is 11.8 Å². The van der Waals surface area contributed by atoms with Crippen LogP contribution in [0.25, 0.3) is 0 Å². The largest absolute Gasteiger partial charge is 0.384 e. The number of hydrogen-bond donors (Lipinski definition) is 2. The molecule has 0 saturated heterocycles. The van der Waals surface area contributed by atoms with E-state index in [1.807, 2.05) is 13.8 Å². The van der Waals surface area contributed by atoms with Gasteiger partial charge in [-0.1, -0.05) is 25.7 Å². The fourth-order valence-electron chi connectivity index (χ4n) is 1.50. The molecule has 21 heavy (non-hydrogen) atoms. The van der Waals surface area contributed by atoms with E-state index in [-0.39, 0.29) is 25.0 Å². The maximum Gasteiger partial charge on any atom is 0.264 e. The summed E-state index contributed by atoms with van der Waals surface area (Å²) >= 11 is 1.25. The Bertz CT molecular complexity index is 555. The molecule has 0 spiro atoms. The van der Waals surface area contributed by atoms with Gasteiger partial charge >= 0.3 is 0 Å². The number of nitrogens with zero attached hydrogens (tertiary/aromatic N) is 1. The van der Waals surface area contributed by atoms with E-state index in [1.165, 1.54) is 16.2 Å². The fourth-order valence-corrected chi connectivity index (χ4v) is 2.37. The predicted molar refractivity (Wildman–Crippen MR) is 83.1 cm³/mol. The van der Waals surface area contributed by atoms with Gasteiger partial charge in [0.25, 0.3) is 5.91 Å². The molecule has 0 unspecified atom stereocenters. The lowest BCUT2D eigenvalue weighted by Crippen LogP contribution is -2.39. The van der Waals surface area contributed by atoms with Gasteiger partial charge < -0.3 is 15.3 Å². The van der Waals surface area contributed by atoms with Crippen molar-refractivity contribution in [3.63, 3.8) is 0 Å². The van der Waals surface area contributed by atoms with E-state index in [9.17, 15) is 9.59 Å². The first kappa shape index (κ1) is 17.2. The molecule has 0 saturated carbocycles. The standard InChI is InChI=1S/C15H20N2O3S/c1-11(2)9-16-14(19)10-17(3)15(20)13-7-6-12(21-13)5-4-8-18/h6-7,11,18H,8-10H2,1-3H3,(H,16,19). The van der Waals surface area contributed by atoms with Gasteiger partial charge in [0.2, 0.25) is 5.91 Å². The zero-order valence-corrected chi connectivity index (χ0v) is 13.3. The summed E-state index contributed by atoms with van der Waals surface area (Å²) in [6.07, 6.45) is 0. The maximum atomic E-state index is 12.2. The molecule has 2 N–H and O–H groups in total. The Morgan fingerprint density at radius 1 is 1.43 bits per heavy atom. The summed E-state index contributed by atoms with van der Waals surface area (Å²) in [6, 6.07) is 3.41. The first-order valence-electron chi connectivity index (χ1n) is 6.65. The van der Waals surface area contributed by atoms with Crippen molar-refractivity contribution < 1.29 is 14.7 Å². The van der Waals surface area contributed by atoms with Crippen molar-refractivity contribution in [3.05, 3.63) is 21.9 Å². The lowest BCUT2D eigenvalue weighted by molar-refractivity contribution is -0.121. The Labute approximate surface area is 129 Å². The smallest absolute Gasteiger partial charge is 0.264 e. The van der Waals surface area contributed by atoms with Gasteiger partial charge in [0.1, 0.15) is 6.61 Å². The number of rotatable bonds is 5. The molecule has 1 heterocycles. The number of carbonyl (C=O) groups excluding carboxylic acids is 2. The van der Waals surface area contributed by atoms with Gasteiger partial charge in [-0.25, -0.2) is 0 Å². The molecule has 1 rings (SSSR count). The van der Waals surface area contributed by atoms with Crippen LogP contribution in [0, 0.1) is 17.8 Å². The molecule has 0 aromatic carbocycles. The second-order valence-electron chi connectivity index (χ2n) is 4.98. The Hall–Kier alpha value is -1.84. The van der Waals surface area contributed by atoms with Gasteiger partial charge in [-0.3, -0.25) is 9.59 Å². The van der Waals surface area contributed by atoms with Gasteiger partial charge in [0.15, 0.2) is 0 Å². The van der Waals surface area contributed by atoms with Crippen molar-refractivity contribution in [2.24, 2.45) is 5.92 Å². The maximum absolute atomic E-state index is 12.2. The highest BCUT2D eigenvalue weighted by molar-refractivity contribution is 7.14. The van der Waals surface area contributed by atoms with Crippen LogP contribution in [0.1, 0.15) is 28.4 Å². The highest BCUT2D eigenvalue weighted by atomic mass is 32.1. The quantitative estimate of drug-likeness (QED) is 0.795. The Morgan fingerprint density at radius 3 is 2.76 bits per heavy atom. The number of nitrogens with one attached hydrogen (secondary N) is 1. The van der Waals surface area contributed by atoms with Gasteiger partial charge in [-0.15, -0.1) is 11.3 Å². The minimum atomic E-state index is -0.211. The molecule has 0 atom stereocenters. The van der Waals surface area contributed by atoms with Crippen molar-refractivity contribution in [1.29, 1.82) is 0 Å². The molecule has 0 fully saturated rings. The van der Waals surface area contributed by atoms with Gasteiger partial charge in [0, 0.05) is 13.6 Å². The van der Waals surface area contributed by atoms with E-state index in [0.29, 0.717) is 22.2 Å². The normalized spacial score (nSPS) is 9.95. The van der Waals surface area contributed by atoms with Crippen LogP contribution in [-0.4, -0.2) is 48.6 Å². The van der Waals surface area contributed by atoms with Gasteiger partial charge in [-0.2, -0.15) is 0 Å². The molecule has 0 radical (unpaired) electrons. The Morgan fingerprint density at radius 2 is 2.14 bits per heavy atom. The molecule has 0 bridgehead atoms. The van der Waals surface area contributed by atoms with E-state index >= 15 is 0 Å². The number of likely N-dealkylation sites (N-methyl/N-ethyl adjacent to an activating group) is 1. The highest BCUT2D eigenvalue weighted by Crippen LogP contribution is 2.17. The summed E-state index contributed by atoms with van der Waals surface area (Å²) < 4.78 is 0. The van der Waals surface area contributed by atoms with E-state index in [0.717, 1.165) is 0 Å².